The lowest BCUT2D eigenvalue weighted by molar-refractivity contribution is -0.131. The third-order valence-electron chi connectivity index (χ3n) is 3.82. The van der Waals surface area contributed by atoms with Crippen LogP contribution in [0.2, 0.25) is 0 Å². The van der Waals surface area contributed by atoms with Gasteiger partial charge in [-0.05, 0) is 49.1 Å². The Kier molecular flexibility index (Phi) is 5.14. The van der Waals surface area contributed by atoms with Gasteiger partial charge < -0.3 is 10.0 Å². The maximum absolute atomic E-state index is 12.5. The van der Waals surface area contributed by atoms with E-state index in [1.54, 1.807) is 6.07 Å². The lowest BCUT2D eigenvalue weighted by Crippen LogP contribution is -2.31. The van der Waals surface area contributed by atoms with Gasteiger partial charge in [-0.2, -0.15) is 0 Å². The monoisotopic (exact) mass is 287 g/mol. The van der Waals surface area contributed by atoms with Crippen molar-refractivity contribution in [1.29, 1.82) is 0 Å². The molecule has 1 aromatic rings. The number of aliphatic carboxylic acids is 1. The molecule has 1 heterocycles. The van der Waals surface area contributed by atoms with Crippen LogP contribution in [0.1, 0.15) is 47.2 Å². The number of benzene rings is 1. The molecule has 4 nitrogen and oxygen atoms in total. The lowest BCUT2D eigenvalue weighted by Gasteiger charge is -2.20. The van der Waals surface area contributed by atoms with Crippen LogP contribution in [-0.4, -0.2) is 35.0 Å². The number of carbonyl (C=O) groups excluding carboxylic acids is 1. The molecule has 112 valence electrons. The van der Waals surface area contributed by atoms with Gasteiger partial charge in [-0.1, -0.05) is 18.9 Å². The van der Waals surface area contributed by atoms with Crippen LogP contribution in [0.5, 0.6) is 0 Å². The van der Waals surface area contributed by atoms with Gasteiger partial charge in [0.15, 0.2) is 0 Å². The third kappa shape index (κ3) is 4.18. The zero-order chi connectivity index (χ0) is 15.2. The zero-order valence-electron chi connectivity index (χ0n) is 12.3. The van der Waals surface area contributed by atoms with Crippen molar-refractivity contribution in [3.05, 3.63) is 41.0 Å². The van der Waals surface area contributed by atoms with Crippen LogP contribution in [0.4, 0.5) is 0 Å². The van der Waals surface area contributed by atoms with E-state index in [-0.39, 0.29) is 5.91 Å². The molecule has 0 aliphatic carbocycles. The first kappa shape index (κ1) is 15.3. The molecule has 1 fully saturated rings. The number of rotatable bonds is 3. The van der Waals surface area contributed by atoms with E-state index in [1.165, 1.54) is 18.9 Å². The first-order chi connectivity index (χ1) is 10.1. The van der Waals surface area contributed by atoms with Gasteiger partial charge in [0.2, 0.25) is 0 Å². The van der Waals surface area contributed by atoms with Crippen LogP contribution < -0.4 is 0 Å². The summed E-state index contributed by atoms with van der Waals surface area (Å²) in [6.45, 7) is 3.53. The van der Waals surface area contributed by atoms with Crippen LogP contribution in [0.15, 0.2) is 24.3 Å². The molecule has 2 rings (SSSR count). The molecule has 1 aliphatic rings. The van der Waals surface area contributed by atoms with Crippen LogP contribution >= 0.6 is 0 Å². The third-order valence-corrected chi connectivity index (χ3v) is 3.82. The second-order valence-electron chi connectivity index (χ2n) is 5.45. The average molecular weight is 287 g/mol. The van der Waals surface area contributed by atoms with Gasteiger partial charge in [0, 0.05) is 24.7 Å². The van der Waals surface area contributed by atoms with Crippen molar-refractivity contribution in [1.82, 2.24) is 4.90 Å². The van der Waals surface area contributed by atoms with Crippen LogP contribution in [0.3, 0.4) is 0 Å². The fourth-order valence-corrected chi connectivity index (χ4v) is 2.57. The van der Waals surface area contributed by atoms with Crippen molar-refractivity contribution < 1.29 is 14.7 Å². The van der Waals surface area contributed by atoms with Crippen molar-refractivity contribution in [3.8, 4) is 0 Å². The molecule has 0 unspecified atom stereocenters. The van der Waals surface area contributed by atoms with E-state index in [0.29, 0.717) is 5.56 Å². The van der Waals surface area contributed by atoms with Gasteiger partial charge in [-0.25, -0.2) is 4.79 Å². The van der Waals surface area contributed by atoms with E-state index in [4.69, 9.17) is 5.11 Å². The molecular formula is C17H21NO3. The zero-order valence-corrected chi connectivity index (χ0v) is 12.3. The van der Waals surface area contributed by atoms with Crippen molar-refractivity contribution in [2.24, 2.45) is 0 Å². The van der Waals surface area contributed by atoms with Crippen molar-refractivity contribution in [2.45, 2.75) is 32.6 Å². The number of carboxylic acids is 1. The minimum Gasteiger partial charge on any atom is -0.478 e. The second-order valence-corrected chi connectivity index (χ2v) is 5.45. The molecular weight excluding hydrogens is 266 g/mol. The van der Waals surface area contributed by atoms with Crippen LogP contribution in [0, 0.1) is 6.92 Å². The van der Waals surface area contributed by atoms with Gasteiger partial charge in [0.25, 0.3) is 5.91 Å². The molecule has 1 amide bonds. The molecule has 0 spiro atoms. The number of likely N-dealkylation sites (tertiary alicyclic amines) is 1. The molecule has 0 saturated carbocycles. The summed E-state index contributed by atoms with van der Waals surface area (Å²) in [5.74, 6) is -0.944. The lowest BCUT2D eigenvalue weighted by atomic mass is 10.0. The maximum atomic E-state index is 12.5. The standard InChI is InChI=1S/C17H21NO3/c1-13-6-7-15(12-14(13)8-9-16(19)20)17(21)18-10-4-2-3-5-11-18/h6-9,12H,2-5,10-11H2,1H3,(H,19,20)/b9-8+. The summed E-state index contributed by atoms with van der Waals surface area (Å²) in [4.78, 5) is 25.1. The Bertz CT molecular complexity index is 555. The Balaban J connectivity index is 2.20. The maximum Gasteiger partial charge on any atom is 0.328 e. The normalized spacial score (nSPS) is 16.0. The predicted octanol–water partition coefficient (Wildman–Crippen LogP) is 3.11. The highest BCUT2D eigenvalue weighted by atomic mass is 16.4. The number of aryl methyl sites for hydroxylation is 1. The number of carbonyl (C=O) groups is 2. The smallest absolute Gasteiger partial charge is 0.328 e. The Morgan fingerprint density at radius 1 is 1.14 bits per heavy atom. The van der Waals surface area contributed by atoms with Gasteiger partial charge in [-0.3, -0.25) is 4.79 Å². The first-order valence-corrected chi connectivity index (χ1v) is 7.39. The summed E-state index contributed by atoms with van der Waals surface area (Å²) in [5.41, 5.74) is 2.37. The summed E-state index contributed by atoms with van der Waals surface area (Å²) >= 11 is 0. The number of hydrogen-bond acceptors (Lipinski definition) is 2. The fraction of sp³-hybridized carbons (Fsp3) is 0.412. The molecule has 0 radical (unpaired) electrons. The highest BCUT2D eigenvalue weighted by molar-refractivity contribution is 5.95. The van der Waals surface area contributed by atoms with Gasteiger partial charge >= 0.3 is 5.97 Å². The molecule has 0 bridgehead atoms. The second kappa shape index (κ2) is 7.07. The van der Waals surface area contributed by atoms with Gasteiger partial charge in [0.1, 0.15) is 0 Å². The Morgan fingerprint density at radius 3 is 2.43 bits per heavy atom. The Morgan fingerprint density at radius 2 is 1.81 bits per heavy atom. The van der Waals surface area contributed by atoms with E-state index < -0.39 is 5.97 Å². The summed E-state index contributed by atoms with van der Waals surface area (Å²) < 4.78 is 0. The van der Waals surface area contributed by atoms with Gasteiger partial charge in [-0.15, -0.1) is 0 Å². The van der Waals surface area contributed by atoms with Crippen molar-refractivity contribution in [3.63, 3.8) is 0 Å². The van der Waals surface area contributed by atoms with Crippen LogP contribution in [0.25, 0.3) is 6.08 Å². The Labute approximate surface area is 125 Å². The Hall–Kier alpha value is -2.10. The first-order valence-electron chi connectivity index (χ1n) is 7.39. The number of nitrogens with zero attached hydrogens (tertiary/aromatic N) is 1. The average Bonchev–Trinajstić information content (AvgIpc) is 2.74. The quantitative estimate of drug-likeness (QED) is 0.869. The van der Waals surface area contributed by atoms with Crippen molar-refractivity contribution >= 4 is 18.0 Å². The molecule has 4 heteroatoms. The molecule has 21 heavy (non-hydrogen) atoms. The molecule has 1 aromatic carbocycles. The van der Waals surface area contributed by atoms with E-state index in [1.807, 2.05) is 24.0 Å². The largest absolute Gasteiger partial charge is 0.478 e. The van der Waals surface area contributed by atoms with E-state index >= 15 is 0 Å². The topological polar surface area (TPSA) is 57.6 Å². The fourth-order valence-electron chi connectivity index (χ4n) is 2.57. The van der Waals surface area contributed by atoms with E-state index in [2.05, 4.69) is 0 Å². The molecule has 1 N–H and O–H groups in total. The summed E-state index contributed by atoms with van der Waals surface area (Å²) in [6, 6.07) is 5.47. The number of amides is 1. The molecule has 0 aromatic heterocycles. The van der Waals surface area contributed by atoms with Crippen molar-refractivity contribution in [2.75, 3.05) is 13.1 Å². The van der Waals surface area contributed by atoms with E-state index in [9.17, 15) is 9.59 Å². The van der Waals surface area contributed by atoms with Crippen LogP contribution in [-0.2, 0) is 4.79 Å². The summed E-state index contributed by atoms with van der Waals surface area (Å²) in [5, 5.41) is 8.72. The highest BCUT2D eigenvalue weighted by Crippen LogP contribution is 2.17. The molecule has 1 aliphatic heterocycles. The number of hydrogen-bond donors (Lipinski definition) is 1. The van der Waals surface area contributed by atoms with E-state index in [0.717, 1.165) is 43.1 Å². The number of carboxylic acid groups (broad SMARTS) is 1. The molecule has 1 saturated heterocycles. The SMILES string of the molecule is Cc1ccc(C(=O)N2CCCCCC2)cc1/C=C/C(=O)O. The highest BCUT2D eigenvalue weighted by Gasteiger charge is 2.17. The minimum absolute atomic E-state index is 0.0434. The summed E-state index contributed by atoms with van der Waals surface area (Å²) in [7, 11) is 0. The minimum atomic E-state index is -0.987. The van der Waals surface area contributed by atoms with Gasteiger partial charge in [0.05, 0.1) is 0 Å². The molecule has 0 atom stereocenters. The summed E-state index contributed by atoms with van der Waals surface area (Å²) in [6.07, 6.45) is 7.13. The predicted molar refractivity (Wildman–Crippen MR) is 82.2 cm³/mol.